The summed E-state index contributed by atoms with van der Waals surface area (Å²) in [5.41, 5.74) is -1.73. The first-order valence-corrected chi connectivity index (χ1v) is 9.45. The van der Waals surface area contributed by atoms with Gasteiger partial charge in [0.2, 0.25) is 0 Å². The molecule has 4 nitrogen and oxygen atoms in total. The first-order valence-electron chi connectivity index (χ1n) is 9.45. The zero-order valence-corrected chi connectivity index (χ0v) is 15.1. The Morgan fingerprint density at radius 2 is 1.75 bits per heavy atom. The molecule has 4 N–H and O–H groups in total. The molecule has 4 heteroatoms. The molecule has 1 spiro atoms. The molecule has 0 aromatic carbocycles. The predicted molar refractivity (Wildman–Crippen MR) is 91.1 cm³/mol. The van der Waals surface area contributed by atoms with Gasteiger partial charge in [-0.15, -0.1) is 0 Å². The van der Waals surface area contributed by atoms with Gasteiger partial charge in [-0.1, -0.05) is 33.8 Å². The molecule has 4 aliphatic carbocycles. The van der Waals surface area contributed by atoms with E-state index in [-0.39, 0.29) is 23.2 Å². The van der Waals surface area contributed by atoms with Crippen LogP contribution in [0.15, 0.2) is 12.2 Å². The third-order valence-corrected chi connectivity index (χ3v) is 8.61. The van der Waals surface area contributed by atoms with Crippen molar-refractivity contribution >= 4 is 0 Å². The van der Waals surface area contributed by atoms with Crippen LogP contribution in [-0.2, 0) is 0 Å². The minimum Gasteiger partial charge on any atom is -0.393 e. The zero-order valence-electron chi connectivity index (χ0n) is 15.1. The quantitative estimate of drug-likeness (QED) is 0.510. The third-order valence-electron chi connectivity index (χ3n) is 8.61. The molecule has 24 heavy (non-hydrogen) atoms. The molecule has 2 bridgehead atoms. The first-order chi connectivity index (χ1) is 11.0. The second kappa shape index (κ2) is 4.64. The van der Waals surface area contributed by atoms with Crippen molar-refractivity contribution in [3.63, 3.8) is 0 Å². The van der Waals surface area contributed by atoms with Gasteiger partial charge < -0.3 is 20.4 Å². The largest absolute Gasteiger partial charge is 0.393 e. The molecule has 0 unspecified atom stereocenters. The molecule has 0 aromatic rings. The van der Waals surface area contributed by atoms with Gasteiger partial charge in [-0.3, -0.25) is 0 Å². The van der Waals surface area contributed by atoms with Crippen molar-refractivity contribution in [2.45, 2.75) is 83.2 Å². The van der Waals surface area contributed by atoms with Gasteiger partial charge in [-0.05, 0) is 48.0 Å². The van der Waals surface area contributed by atoms with Crippen LogP contribution in [0, 0.1) is 28.1 Å². The van der Waals surface area contributed by atoms with E-state index in [1.54, 1.807) is 0 Å². The van der Waals surface area contributed by atoms with E-state index in [1.807, 2.05) is 0 Å². The van der Waals surface area contributed by atoms with Gasteiger partial charge in [-0.25, -0.2) is 0 Å². The maximum absolute atomic E-state index is 11.2. The summed E-state index contributed by atoms with van der Waals surface area (Å²) in [5, 5.41) is 44.2. The van der Waals surface area contributed by atoms with Gasteiger partial charge in [0.15, 0.2) is 0 Å². The molecule has 0 heterocycles. The van der Waals surface area contributed by atoms with Crippen LogP contribution < -0.4 is 0 Å². The Kier molecular flexibility index (Phi) is 3.29. The van der Waals surface area contributed by atoms with E-state index in [2.05, 4.69) is 27.4 Å². The minimum atomic E-state index is -1.25. The molecule has 136 valence electrons. The third kappa shape index (κ3) is 1.74. The lowest BCUT2D eigenvalue weighted by atomic mass is 9.39. The summed E-state index contributed by atoms with van der Waals surface area (Å²) in [6.45, 7) is 10.7. The molecular formula is C20H32O4. The Bertz CT molecular complexity index is 586. The number of hydrogen-bond donors (Lipinski definition) is 4. The summed E-state index contributed by atoms with van der Waals surface area (Å²) < 4.78 is 0. The van der Waals surface area contributed by atoms with Crippen molar-refractivity contribution in [2.24, 2.45) is 28.1 Å². The second-order valence-corrected chi connectivity index (χ2v) is 10.1. The van der Waals surface area contributed by atoms with Crippen molar-refractivity contribution in [3.8, 4) is 0 Å². The van der Waals surface area contributed by atoms with Crippen molar-refractivity contribution in [3.05, 3.63) is 12.2 Å². The SMILES string of the molecule is C=C1[C@H](O)[C@]23C[C@@]1(O)C[C@H](O)[C@H]2[C@]1(C)CCCC(C)(C)[C@H]1C[C@@H]3O. The smallest absolute Gasteiger partial charge is 0.0911 e. The Balaban J connectivity index is 1.88. The monoisotopic (exact) mass is 336 g/mol. The Morgan fingerprint density at radius 3 is 2.42 bits per heavy atom. The van der Waals surface area contributed by atoms with Gasteiger partial charge in [0, 0.05) is 17.8 Å². The minimum absolute atomic E-state index is 0.115. The van der Waals surface area contributed by atoms with E-state index in [0.29, 0.717) is 24.3 Å². The van der Waals surface area contributed by atoms with Crippen molar-refractivity contribution in [2.75, 3.05) is 0 Å². The molecule has 0 radical (unpaired) electrons. The van der Waals surface area contributed by atoms with Crippen LogP contribution >= 0.6 is 0 Å². The predicted octanol–water partition coefficient (Wildman–Crippen LogP) is 2.00. The highest BCUT2D eigenvalue weighted by atomic mass is 16.3. The maximum Gasteiger partial charge on any atom is 0.0911 e. The molecule has 0 saturated heterocycles. The Labute approximate surface area is 144 Å². The summed E-state index contributed by atoms with van der Waals surface area (Å²) in [4.78, 5) is 0. The van der Waals surface area contributed by atoms with Crippen molar-refractivity contribution < 1.29 is 20.4 Å². The highest BCUT2D eigenvalue weighted by Crippen LogP contribution is 2.72. The van der Waals surface area contributed by atoms with Crippen LogP contribution in [0.1, 0.15) is 59.3 Å². The molecule has 0 amide bonds. The molecular weight excluding hydrogens is 304 g/mol. The fraction of sp³-hybridized carbons (Fsp3) is 0.900. The highest BCUT2D eigenvalue weighted by molar-refractivity contribution is 5.36. The van der Waals surface area contributed by atoms with Crippen molar-refractivity contribution in [1.82, 2.24) is 0 Å². The molecule has 4 aliphatic rings. The lowest BCUT2D eigenvalue weighted by Gasteiger charge is -2.66. The summed E-state index contributed by atoms with van der Waals surface area (Å²) >= 11 is 0. The van der Waals surface area contributed by atoms with Gasteiger partial charge in [0.1, 0.15) is 0 Å². The van der Waals surface area contributed by atoms with E-state index in [9.17, 15) is 20.4 Å². The first kappa shape index (κ1) is 17.0. The molecule has 0 aromatic heterocycles. The summed E-state index contributed by atoms with van der Waals surface area (Å²) in [6, 6.07) is 0. The van der Waals surface area contributed by atoms with Gasteiger partial charge in [0.05, 0.1) is 23.9 Å². The van der Waals surface area contributed by atoms with Gasteiger partial charge >= 0.3 is 0 Å². The molecule has 4 rings (SSSR count). The van der Waals surface area contributed by atoms with Crippen LogP contribution in [0.25, 0.3) is 0 Å². The van der Waals surface area contributed by atoms with Crippen molar-refractivity contribution in [1.29, 1.82) is 0 Å². The molecule has 4 fully saturated rings. The standard InChI is InChI=1S/C20H32O4/c1-11-16(23)20-10-19(11,24)9-12(21)15(20)18(4)7-5-6-17(2,3)13(18)8-14(20)22/h12-16,21-24H,1,5-10H2,2-4H3/t12-,13+,14-,15-,16-,18+,19-,20-/m0/s1. The summed E-state index contributed by atoms with van der Waals surface area (Å²) in [5.74, 6) is 0.110. The van der Waals surface area contributed by atoms with Crippen LogP contribution in [-0.4, -0.2) is 44.3 Å². The van der Waals surface area contributed by atoms with E-state index in [4.69, 9.17) is 0 Å². The lowest BCUT2D eigenvalue weighted by molar-refractivity contribution is -0.256. The number of aliphatic hydroxyl groups is 4. The molecule has 0 aliphatic heterocycles. The van der Waals surface area contributed by atoms with E-state index in [0.717, 1.165) is 19.3 Å². The Hall–Kier alpha value is -0.420. The zero-order chi connectivity index (χ0) is 17.7. The van der Waals surface area contributed by atoms with Crippen LogP contribution in [0.5, 0.6) is 0 Å². The highest BCUT2D eigenvalue weighted by Gasteiger charge is 2.74. The number of aliphatic hydroxyl groups excluding tert-OH is 3. The van der Waals surface area contributed by atoms with E-state index < -0.39 is 29.3 Å². The average Bonchev–Trinajstić information content (AvgIpc) is 2.61. The van der Waals surface area contributed by atoms with Crippen LogP contribution in [0.2, 0.25) is 0 Å². The second-order valence-electron chi connectivity index (χ2n) is 10.1. The normalized spacial score (nSPS) is 59.0. The summed E-state index contributed by atoms with van der Waals surface area (Å²) in [6.07, 6.45) is 2.06. The molecule has 4 saturated carbocycles. The fourth-order valence-electron chi connectivity index (χ4n) is 7.73. The van der Waals surface area contributed by atoms with Gasteiger partial charge in [-0.2, -0.15) is 0 Å². The maximum atomic E-state index is 11.2. The molecule has 8 atom stereocenters. The van der Waals surface area contributed by atoms with Crippen LogP contribution in [0.4, 0.5) is 0 Å². The fourth-order valence-corrected chi connectivity index (χ4v) is 7.73. The number of rotatable bonds is 0. The van der Waals surface area contributed by atoms with E-state index in [1.165, 1.54) is 0 Å². The topological polar surface area (TPSA) is 80.9 Å². The average molecular weight is 336 g/mol. The van der Waals surface area contributed by atoms with E-state index >= 15 is 0 Å². The number of hydrogen-bond acceptors (Lipinski definition) is 4. The number of fused-ring (bicyclic) bond motifs is 3. The summed E-state index contributed by atoms with van der Waals surface area (Å²) in [7, 11) is 0. The lowest BCUT2D eigenvalue weighted by Crippen LogP contribution is -2.67. The van der Waals surface area contributed by atoms with Gasteiger partial charge in [0.25, 0.3) is 0 Å². The Morgan fingerprint density at radius 1 is 1.08 bits per heavy atom. The van der Waals surface area contributed by atoms with Crippen LogP contribution in [0.3, 0.4) is 0 Å².